The Morgan fingerprint density at radius 3 is 2.94 bits per heavy atom. The number of hydrogen-bond donors (Lipinski definition) is 1. The SMILES string of the molecule is Cc1ccnc(NCCc2ccn(C)n2)c1C#N. The van der Waals surface area contributed by atoms with Crippen molar-refractivity contribution in [3.05, 3.63) is 41.3 Å². The van der Waals surface area contributed by atoms with Gasteiger partial charge in [0.25, 0.3) is 0 Å². The van der Waals surface area contributed by atoms with Gasteiger partial charge in [-0.1, -0.05) is 0 Å². The van der Waals surface area contributed by atoms with Gasteiger partial charge in [0.1, 0.15) is 11.9 Å². The second-order valence-electron chi connectivity index (χ2n) is 4.12. The van der Waals surface area contributed by atoms with Gasteiger partial charge >= 0.3 is 0 Å². The minimum Gasteiger partial charge on any atom is -0.369 e. The van der Waals surface area contributed by atoms with Crippen molar-refractivity contribution in [3.8, 4) is 6.07 Å². The Balaban J connectivity index is 1.99. The third kappa shape index (κ3) is 2.66. The van der Waals surface area contributed by atoms with E-state index < -0.39 is 0 Å². The monoisotopic (exact) mass is 241 g/mol. The zero-order valence-electron chi connectivity index (χ0n) is 10.5. The van der Waals surface area contributed by atoms with E-state index in [0.29, 0.717) is 17.9 Å². The molecule has 2 aromatic heterocycles. The standard InChI is InChI=1S/C13H15N5/c1-10-3-6-15-13(12(10)9-14)16-7-4-11-5-8-18(2)17-11/h3,5-6,8H,4,7H2,1-2H3,(H,15,16). The van der Waals surface area contributed by atoms with Crippen LogP contribution in [-0.4, -0.2) is 21.3 Å². The summed E-state index contributed by atoms with van der Waals surface area (Å²) in [5, 5.41) is 16.5. The molecule has 0 aromatic carbocycles. The van der Waals surface area contributed by atoms with E-state index in [1.165, 1.54) is 0 Å². The Morgan fingerprint density at radius 1 is 1.44 bits per heavy atom. The molecule has 0 spiro atoms. The number of nitriles is 1. The Labute approximate surface area is 106 Å². The van der Waals surface area contributed by atoms with Gasteiger partial charge in [-0.05, 0) is 24.6 Å². The number of rotatable bonds is 4. The molecule has 0 amide bonds. The molecular weight excluding hydrogens is 226 g/mol. The second-order valence-corrected chi connectivity index (χ2v) is 4.12. The quantitative estimate of drug-likeness (QED) is 0.883. The molecule has 0 aliphatic carbocycles. The average Bonchev–Trinajstić information content (AvgIpc) is 2.75. The van der Waals surface area contributed by atoms with Crippen LogP contribution in [0.2, 0.25) is 0 Å². The van der Waals surface area contributed by atoms with Gasteiger partial charge in [-0.2, -0.15) is 10.4 Å². The van der Waals surface area contributed by atoms with E-state index in [0.717, 1.165) is 17.7 Å². The van der Waals surface area contributed by atoms with Crippen LogP contribution >= 0.6 is 0 Å². The van der Waals surface area contributed by atoms with E-state index in [1.54, 1.807) is 10.9 Å². The molecule has 0 bridgehead atoms. The van der Waals surface area contributed by atoms with Crippen molar-refractivity contribution in [1.29, 1.82) is 5.26 Å². The number of aromatic nitrogens is 3. The van der Waals surface area contributed by atoms with E-state index in [9.17, 15) is 0 Å². The number of nitrogens with one attached hydrogen (secondary N) is 1. The number of aryl methyl sites for hydroxylation is 2. The van der Waals surface area contributed by atoms with Crippen LogP contribution in [-0.2, 0) is 13.5 Å². The average molecular weight is 241 g/mol. The summed E-state index contributed by atoms with van der Waals surface area (Å²) in [4.78, 5) is 4.19. The molecule has 1 N–H and O–H groups in total. The van der Waals surface area contributed by atoms with Gasteiger partial charge in [-0.25, -0.2) is 4.98 Å². The van der Waals surface area contributed by atoms with E-state index in [4.69, 9.17) is 5.26 Å². The van der Waals surface area contributed by atoms with Crippen molar-refractivity contribution in [2.24, 2.45) is 7.05 Å². The Bertz CT molecular complexity index is 579. The zero-order chi connectivity index (χ0) is 13.0. The van der Waals surface area contributed by atoms with Crippen molar-refractivity contribution in [3.63, 3.8) is 0 Å². The predicted molar refractivity (Wildman–Crippen MR) is 69.1 cm³/mol. The lowest BCUT2D eigenvalue weighted by molar-refractivity contribution is 0.742. The maximum absolute atomic E-state index is 9.07. The van der Waals surface area contributed by atoms with Crippen LogP contribution in [0.1, 0.15) is 16.8 Å². The molecule has 0 saturated heterocycles. The van der Waals surface area contributed by atoms with Crippen LogP contribution in [0.5, 0.6) is 0 Å². The van der Waals surface area contributed by atoms with Crippen LogP contribution in [0.25, 0.3) is 0 Å². The van der Waals surface area contributed by atoms with Gasteiger partial charge in [0.2, 0.25) is 0 Å². The number of anilines is 1. The first kappa shape index (κ1) is 12.1. The maximum atomic E-state index is 9.07. The lowest BCUT2D eigenvalue weighted by atomic mass is 10.1. The maximum Gasteiger partial charge on any atom is 0.144 e. The first-order chi connectivity index (χ1) is 8.70. The summed E-state index contributed by atoms with van der Waals surface area (Å²) >= 11 is 0. The van der Waals surface area contributed by atoms with Gasteiger partial charge in [-0.15, -0.1) is 0 Å². The van der Waals surface area contributed by atoms with Gasteiger partial charge in [-0.3, -0.25) is 4.68 Å². The Hall–Kier alpha value is -2.35. The number of pyridine rings is 1. The molecule has 18 heavy (non-hydrogen) atoms. The smallest absolute Gasteiger partial charge is 0.144 e. The summed E-state index contributed by atoms with van der Waals surface area (Å²) in [5.74, 6) is 0.647. The molecule has 5 heteroatoms. The van der Waals surface area contributed by atoms with E-state index in [2.05, 4.69) is 21.5 Å². The summed E-state index contributed by atoms with van der Waals surface area (Å²) in [6, 6.07) is 5.99. The molecule has 5 nitrogen and oxygen atoms in total. The highest BCUT2D eigenvalue weighted by atomic mass is 15.2. The number of hydrogen-bond acceptors (Lipinski definition) is 4. The Morgan fingerprint density at radius 2 is 2.28 bits per heavy atom. The minimum atomic E-state index is 0.610. The van der Waals surface area contributed by atoms with Crippen LogP contribution in [0, 0.1) is 18.3 Å². The van der Waals surface area contributed by atoms with Crippen LogP contribution in [0.4, 0.5) is 5.82 Å². The van der Waals surface area contributed by atoms with Crippen molar-refractivity contribution >= 4 is 5.82 Å². The largest absolute Gasteiger partial charge is 0.369 e. The third-order valence-electron chi connectivity index (χ3n) is 2.71. The van der Waals surface area contributed by atoms with Gasteiger partial charge in [0.15, 0.2) is 0 Å². The molecule has 0 atom stereocenters. The fourth-order valence-electron chi connectivity index (χ4n) is 1.74. The van der Waals surface area contributed by atoms with Crippen molar-refractivity contribution in [2.45, 2.75) is 13.3 Å². The third-order valence-corrected chi connectivity index (χ3v) is 2.71. The lowest BCUT2D eigenvalue weighted by Gasteiger charge is -2.07. The molecular formula is C13H15N5. The summed E-state index contributed by atoms with van der Waals surface area (Å²) < 4.78 is 1.78. The molecule has 2 rings (SSSR count). The van der Waals surface area contributed by atoms with Crippen LogP contribution < -0.4 is 5.32 Å². The molecule has 0 saturated carbocycles. The van der Waals surface area contributed by atoms with Crippen LogP contribution in [0.3, 0.4) is 0 Å². The van der Waals surface area contributed by atoms with Crippen LogP contribution in [0.15, 0.2) is 24.5 Å². The topological polar surface area (TPSA) is 66.5 Å². The summed E-state index contributed by atoms with van der Waals surface area (Å²) in [5.41, 5.74) is 2.57. The van der Waals surface area contributed by atoms with Gasteiger partial charge < -0.3 is 5.32 Å². The number of nitrogens with zero attached hydrogens (tertiary/aromatic N) is 4. The molecule has 0 fully saturated rings. The fourth-order valence-corrected chi connectivity index (χ4v) is 1.74. The van der Waals surface area contributed by atoms with Gasteiger partial charge in [0.05, 0.1) is 11.3 Å². The predicted octanol–water partition coefficient (Wildman–Crippen LogP) is 1.65. The second kappa shape index (κ2) is 5.32. The van der Waals surface area contributed by atoms with Crippen molar-refractivity contribution in [2.75, 3.05) is 11.9 Å². The Kier molecular flexibility index (Phi) is 3.58. The highest BCUT2D eigenvalue weighted by molar-refractivity contribution is 5.55. The van der Waals surface area contributed by atoms with Gasteiger partial charge in [0, 0.05) is 32.4 Å². The van der Waals surface area contributed by atoms with E-state index >= 15 is 0 Å². The summed E-state index contributed by atoms with van der Waals surface area (Å²) in [6.45, 7) is 2.62. The van der Waals surface area contributed by atoms with E-state index in [-0.39, 0.29) is 0 Å². The molecule has 2 aromatic rings. The lowest BCUT2D eigenvalue weighted by Crippen LogP contribution is -2.09. The molecule has 0 aliphatic heterocycles. The zero-order valence-corrected chi connectivity index (χ0v) is 10.5. The molecule has 0 unspecified atom stereocenters. The first-order valence-corrected chi connectivity index (χ1v) is 5.79. The fraction of sp³-hybridized carbons (Fsp3) is 0.308. The summed E-state index contributed by atoms with van der Waals surface area (Å²) in [6.07, 6.45) is 4.43. The van der Waals surface area contributed by atoms with Crippen molar-refractivity contribution in [1.82, 2.24) is 14.8 Å². The minimum absolute atomic E-state index is 0.610. The first-order valence-electron chi connectivity index (χ1n) is 5.79. The van der Waals surface area contributed by atoms with Crippen molar-refractivity contribution < 1.29 is 0 Å². The normalized spacial score (nSPS) is 10.1. The molecule has 0 radical (unpaired) electrons. The van der Waals surface area contributed by atoms with E-state index in [1.807, 2.05) is 32.3 Å². The highest BCUT2D eigenvalue weighted by Gasteiger charge is 2.05. The highest BCUT2D eigenvalue weighted by Crippen LogP contribution is 2.14. The molecule has 0 aliphatic rings. The summed E-state index contributed by atoms with van der Waals surface area (Å²) in [7, 11) is 1.90. The molecule has 92 valence electrons. The molecule has 2 heterocycles.